The molecule has 0 unspecified atom stereocenters. The Morgan fingerprint density at radius 1 is 1.14 bits per heavy atom. The SMILES string of the molecule is CSc1ncccc1C(=O)N1CCC(CNC(=O)C(=O)Nc2cccnc2)CC1. The van der Waals surface area contributed by atoms with E-state index in [-0.39, 0.29) is 11.8 Å². The molecule has 2 aromatic rings. The van der Waals surface area contributed by atoms with Crippen molar-refractivity contribution in [3.8, 4) is 0 Å². The molecule has 0 saturated carbocycles. The molecule has 9 heteroatoms. The average Bonchev–Trinajstić information content (AvgIpc) is 2.78. The quantitative estimate of drug-likeness (QED) is 0.572. The number of piperidine rings is 1. The van der Waals surface area contributed by atoms with Crippen molar-refractivity contribution in [3.05, 3.63) is 48.4 Å². The van der Waals surface area contributed by atoms with Crippen LogP contribution in [0.1, 0.15) is 23.2 Å². The maximum Gasteiger partial charge on any atom is 0.313 e. The van der Waals surface area contributed by atoms with Gasteiger partial charge in [-0.3, -0.25) is 19.4 Å². The Kier molecular flexibility index (Phi) is 7.18. The lowest BCUT2D eigenvalue weighted by atomic mass is 9.96. The largest absolute Gasteiger partial charge is 0.348 e. The Labute approximate surface area is 173 Å². The molecule has 1 aliphatic rings. The van der Waals surface area contributed by atoms with Gasteiger partial charge in [-0.25, -0.2) is 4.98 Å². The molecule has 1 aliphatic heterocycles. The summed E-state index contributed by atoms with van der Waals surface area (Å²) in [4.78, 5) is 46.7. The van der Waals surface area contributed by atoms with Crippen LogP contribution in [-0.4, -0.2) is 58.5 Å². The Bertz CT molecular complexity index is 869. The minimum atomic E-state index is -0.716. The van der Waals surface area contributed by atoms with E-state index in [1.165, 1.54) is 18.0 Å². The minimum absolute atomic E-state index is 0.0132. The zero-order chi connectivity index (χ0) is 20.6. The van der Waals surface area contributed by atoms with Gasteiger partial charge in [-0.2, -0.15) is 0 Å². The van der Waals surface area contributed by atoms with Crippen LogP contribution in [0.2, 0.25) is 0 Å². The van der Waals surface area contributed by atoms with Crippen LogP contribution >= 0.6 is 11.8 Å². The van der Waals surface area contributed by atoms with Crippen molar-refractivity contribution in [2.45, 2.75) is 17.9 Å². The van der Waals surface area contributed by atoms with E-state index in [0.717, 1.165) is 17.9 Å². The van der Waals surface area contributed by atoms with Gasteiger partial charge in [0.1, 0.15) is 5.03 Å². The number of nitrogens with one attached hydrogen (secondary N) is 2. The number of carbonyl (C=O) groups excluding carboxylic acids is 3. The topological polar surface area (TPSA) is 104 Å². The molecule has 0 atom stereocenters. The molecule has 0 aromatic carbocycles. The first-order chi connectivity index (χ1) is 14.1. The number of carbonyl (C=O) groups is 3. The van der Waals surface area contributed by atoms with Crippen LogP contribution < -0.4 is 10.6 Å². The third-order valence-electron chi connectivity index (χ3n) is 4.77. The summed E-state index contributed by atoms with van der Waals surface area (Å²) in [5.41, 5.74) is 1.10. The molecule has 0 aliphatic carbocycles. The van der Waals surface area contributed by atoms with Crippen LogP contribution in [0.25, 0.3) is 0 Å². The van der Waals surface area contributed by atoms with Crippen LogP contribution in [0.15, 0.2) is 47.9 Å². The molecule has 152 valence electrons. The summed E-state index contributed by atoms with van der Waals surface area (Å²) in [6.45, 7) is 1.64. The Balaban J connectivity index is 1.44. The Morgan fingerprint density at radius 2 is 1.90 bits per heavy atom. The predicted octanol–water partition coefficient (Wildman–Crippen LogP) is 1.81. The summed E-state index contributed by atoms with van der Waals surface area (Å²) in [6, 6.07) is 6.91. The highest BCUT2D eigenvalue weighted by Gasteiger charge is 2.26. The zero-order valence-electron chi connectivity index (χ0n) is 16.1. The van der Waals surface area contributed by atoms with Gasteiger partial charge in [-0.1, -0.05) is 0 Å². The van der Waals surface area contributed by atoms with Crippen LogP contribution in [0.4, 0.5) is 5.69 Å². The zero-order valence-corrected chi connectivity index (χ0v) is 16.9. The van der Waals surface area contributed by atoms with Gasteiger partial charge in [0.15, 0.2) is 0 Å². The van der Waals surface area contributed by atoms with Gasteiger partial charge < -0.3 is 15.5 Å². The minimum Gasteiger partial charge on any atom is -0.348 e. The van der Waals surface area contributed by atoms with Crippen molar-refractivity contribution in [3.63, 3.8) is 0 Å². The molecule has 8 nitrogen and oxygen atoms in total. The number of likely N-dealkylation sites (tertiary alicyclic amines) is 1. The van der Waals surface area contributed by atoms with Gasteiger partial charge in [0.2, 0.25) is 0 Å². The monoisotopic (exact) mass is 413 g/mol. The fraction of sp³-hybridized carbons (Fsp3) is 0.350. The summed E-state index contributed by atoms with van der Waals surface area (Å²) in [6.07, 6.45) is 8.18. The molecule has 0 radical (unpaired) electrons. The Hall–Kier alpha value is -2.94. The highest BCUT2D eigenvalue weighted by atomic mass is 32.2. The molecule has 0 spiro atoms. The number of nitrogens with zero attached hydrogens (tertiary/aromatic N) is 3. The predicted molar refractivity (Wildman–Crippen MR) is 111 cm³/mol. The van der Waals surface area contributed by atoms with Gasteiger partial charge in [0, 0.05) is 32.0 Å². The number of pyridine rings is 2. The fourth-order valence-corrected chi connectivity index (χ4v) is 3.71. The third-order valence-corrected chi connectivity index (χ3v) is 5.49. The van der Waals surface area contributed by atoms with E-state index in [4.69, 9.17) is 0 Å². The van der Waals surface area contributed by atoms with E-state index >= 15 is 0 Å². The number of aromatic nitrogens is 2. The van der Waals surface area contributed by atoms with E-state index < -0.39 is 11.8 Å². The van der Waals surface area contributed by atoms with E-state index in [1.54, 1.807) is 36.7 Å². The number of amides is 3. The van der Waals surface area contributed by atoms with Gasteiger partial charge in [-0.15, -0.1) is 11.8 Å². The molecular formula is C20H23N5O3S. The molecule has 2 N–H and O–H groups in total. The number of anilines is 1. The second-order valence-corrected chi connectivity index (χ2v) is 7.50. The van der Waals surface area contributed by atoms with Crippen molar-refractivity contribution >= 4 is 35.2 Å². The molecule has 3 rings (SSSR count). The molecule has 0 bridgehead atoms. The van der Waals surface area contributed by atoms with Crippen LogP contribution in [0, 0.1) is 5.92 Å². The molecule has 29 heavy (non-hydrogen) atoms. The first-order valence-corrected chi connectivity index (χ1v) is 10.6. The second-order valence-electron chi connectivity index (χ2n) is 6.70. The smallest absolute Gasteiger partial charge is 0.313 e. The normalized spacial score (nSPS) is 14.3. The number of hydrogen-bond donors (Lipinski definition) is 2. The molecule has 1 saturated heterocycles. The molecule has 3 amide bonds. The van der Waals surface area contributed by atoms with E-state index in [2.05, 4.69) is 20.6 Å². The van der Waals surface area contributed by atoms with Crippen molar-refractivity contribution in [2.75, 3.05) is 31.2 Å². The lowest BCUT2D eigenvalue weighted by molar-refractivity contribution is -0.136. The van der Waals surface area contributed by atoms with E-state index in [1.807, 2.05) is 11.2 Å². The number of hydrogen-bond acceptors (Lipinski definition) is 6. The summed E-state index contributed by atoms with van der Waals surface area (Å²) in [5, 5.41) is 5.91. The maximum atomic E-state index is 12.8. The van der Waals surface area contributed by atoms with E-state index in [0.29, 0.717) is 30.9 Å². The van der Waals surface area contributed by atoms with Gasteiger partial charge in [-0.05, 0) is 49.3 Å². The number of thioether (sulfide) groups is 1. The summed E-state index contributed by atoms with van der Waals surface area (Å²) >= 11 is 1.45. The van der Waals surface area contributed by atoms with Crippen LogP contribution in [0.5, 0.6) is 0 Å². The first kappa shape index (κ1) is 20.8. The van der Waals surface area contributed by atoms with Gasteiger partial charge in [0.05, 0.1) is 17.4 Å². The van der Waals surface area contributed by atoms with E-state index in [9.17, 15) is 14.4 Å². The van der Waals surface area contributed by atoms with Crippen molar-refractivity contribution in [1.29, 1.82) is 0 Å². The van der Waals surface area contributed by atoms with Crippen molar-refractivity contribution < 1.29 is 14.4 Å². The molecular weight excluding hydrogens is 390 g/mol. The second kappa shape index (κ2) is 10.0. The van der Waals surface area contributed by atoms with Crippen LogP contribution in [-0.2, 0) is 9.59 Å². The fourth-order valence-electron chi connectivity index (χ4n) is 3.17. The molecule has 2 aromatic heterocycles. The van der Waals surface area contributed by atoms with Gasteiger partial charge >= 0.3 is 11.8 Å². The van der Waals surface area contributed by atoms with Crippen LogP contribution in [0.3, 0.4) is 0 Å². The third kappa shape index (κ3) is 5.54. The lowest BCUT2D eigenvalue weighted by Crippen LogP contribution is -2.43. The number of rotatable bonds is 5. The standard InChI is InChI=1S/C20H23N5O3S/c1-29-19-16(5-3-9-22-19)20(28)25-10-6-14(7-11-25)12-23-17(26)18(27)24-15-4-2-8-21-13-15/h2-5,8-9,13-14H,6-7,10-12H2,1H3,(H,23,26)(H,24,27). The Morgan fingerprint density at radius 3 is 2.59 bits per heavy atom. The molecule has 3 heterocycles. The van der Waals surface area contributed by atoms with Crippen molar-refractivity contribution in [1.82, 2.24) is 20.2 Å². The summed E-state index contributed by atoms with van der Waals surface area (Å²) in [7, 11) is 0. The van der Waals surface area contributed by atoms with Gasteiger partial charge in [0.25, 0.3) is 5.91 Å². The highest BCUT2D eigenvalue weighted by Crippen LogP contribution is 2.22. The average molecular weight is 414 g/mol. The van der Waals surface area contributed by atoms with Crippen molar-refractivity contribution in [2.24, 2.45) is 5.92 Å². The first-order valence-electron chi connectivity index (χ1n) is 9.36. The highest BCUT2D eigenvalue weighted by molar-refractivity contribution is 7.98. The lowest BCUT2D eigenvalue weighted by Gasteiger charge is -2.32. The summed E-state index contributed by atoms with van der Waals surface area (Å²) in [5.74, 6) is -1.18. The molecule has 1 fully saturated rings. The summed E-state index contributed by atoms with van der Waals surface area (Å²) < 4.78 is 0. The maximum absolute atomic E-state index is 12.8.